The third kappa shape index (κ3) is 8.69. The Hall–Kier alpha value is -2.90. The van der Waals surface area contributed by atoms with Crippen LogP contribution in [0.1, 0.15) is 24.5 Å². The summed E-state index contributed by atoms with van der Waals surface area (Å²) in [6.07, 6.45) is 1.43. The molecule has 1 saturated heterocycles. The molecule has 1 heterocycles. The van der Waals surface area contributed by atoms with Gasteiger partial charge in [-0.25, -0.2) is 4.99 Å². The number of nitrogens with zero attached hydrogens (tertiary/aromatic N) is 2. The second-order valence-electron chi connectivity index (χ2n) is 7.81. The molecule has 0 spiro atoms. The van der Waals surface area contributed by atoms with Gasteiger partial charge < -0.3 is 20.7 Å². The van der Waals surface area contributed by atoms with Crippen molar-refractivity contribution >= 4 is 17.6 Å². The molecule has 172 valence electrons. The summed E-state index contributed by atoms with van der Waals surface area (Å²) < 4.78 is 5.35. The number of aliphatic imine (C=N–C) groups is 1. The quantitative estimate of drug-likeness (QED) is 0.393. The Morgan fingerprint density at radius 2 is 1.81 bits per heavy atom. The largest absolute Gasteiger partial charge is 0.379 e. The number of anilines is 1. The fraction of sp³-hybridized carbons (Fsp3) is 0.440. The van der Waals surface area contributed by atoms with Crippen molar-refractivity contribution < 1.29 is 9.53 Å². The lowest BCUT2D eigenvalue weighted by Gasteiger charge is -2.26. The van der Waals surface area contributed by atoms with Crippen LogP contribution in [0.25, 0.3) is 0 Å². The van der Waals surface area contributed by atoms with Gasteiger partial charge in [0.25, 0.3) is 0 Å². The topological polar surface area (TPSA) is 78.0 Å². The van der Waals surface area contributed by atoms with Crippen molar-refractivity contribution in [3.8, 4) is 0 Å². The molecule has 0 aromatic heterocycles. The lowest BCUT2D eigenvalue weighted by molar-refractivity contribution is -0.116. The van der Waals surface area contributed by atoms with Gasteiger partial charge in [0.05, 0.1) is 19.8 Å². The van der Waals surface area contributed by atoms with Crippen LogP contribution in [-0.4, -0.2) is 62.7 Å². The number of guanidine groups is 1. The maximum absolute atomic E-state index is 12.3. The van der Waals surface area contributed by atoms with Crippen LogP contribution < -0.4 is 16.0 Å². The molecule has 3 N–H and O–H groups in total. The number of hydrogen-bond donors (Lipinski definition) is 3. The monoisotopic (exact) mass is 437 g/mol. The predicted octanol–water partition coefficient (Wildman–Crippen LogP) is 2.65. The fourth-order valence-corrected chi connectivity index (χ4v) is 3.54. The highest BCUT2D eigenvalue weighted by Crippen LogP contribution is 2.12. The standard InChI is InChI=1S/C25H35N5O2/c1-2-26-25(27-13-11-21-7-4-3-5-8-21)28-20-22-9-6-10-23(19-22)29-24(31)12-14-30-15-17-32-18-16-30/h3-10,19H,2,11-18,20H2,1H3,(H,29,31)(H2,26,27,28). The molecule has 7 heteroatoms. The first-order chi connectivity index (χ1) is 15.7. The van der Waals surface area contributed by atoms with E-state index in [0.717, 1.165) is 69.6 Å². The van der Waals surface area contributed by atoms with Gasteiger partial charge in [-0.2, -0.15) is 0 Å². The number of nitrogens with one attached hydrogen (secondary N) is 3. The molecule has 0 unspecified atom stereocenters. The minimum atomic E-state index is 0.0352. The van der Waals surface area contributed by atoms with Crippen LogP contribution in [0.15, 0.2) is 59.6 Å². The molecule has 0 saturated carbocycles. The molecule has 0 aliphatic carbocycles. The minimum absolute atomic E-state index is 0.0352. The molecular weight excluding hydrogens is 402 g/mol. The van der Waals surface area contributed by atoms with Crippen molar-refractivity contribution in [2.75, 3.05) is 51.3 Å². The van der Waals surface area contributed by atoms with Gasteiger partial charge >= 0.3 is 0 Å². The lowest BCUT2D eigenvalue weighted by atomic mass is 10.1. The minimum Gasteiger partial charge on any atom is -0.379 e. The van der Waals surface area contributed by atoms with Gasteiger partial charge in [0.15, 0.2) is 5.96 Å². The van der Waals surface area contributed by atoms with Crippen molar-refractivity contribution in [1.82, 2.24) is 15.5 Å². The Kier molecular flexibility index (Phi) is 10.0. The van der Waals surface area contributed by atoms with E-state index >= 15 is 0 Å². The highest BCUT2D eigenvalue weighted by Gasteiger charge is 2.12. The van der Waals surface area contributed by atoms with Crippen molar-refractivity contribution in [1.29, 1.82) is 0 Å². The number of carbonyl (C=O) groups excluding carboxylic acids is 1. The molecule has 1 amide bonds. The highest BCUT2D eigenvalue weighted by atomic mass is 16.5. The van der Waals surface area contributed by atoms with Crippen LogP contribution in [0.5, 0.6) is 0 Å². The van der Waals surface area contributed by atoms with Crippen molar-refractivity contribution in [3.05, 3.63) is 65.7 Å². The molecule has 32 heavy (non-hydrogen) atoms. The number of amides is 1. The first-order valence-corrected chi connectivity index (χ1v) is 11.5. The summed E-state index contributed by atoms with van der Waals surface area (Å²) in [5.74, 6) is 0.830. The SMILES string of the molecule is CCNC(=NCc1cccc(NC(=O)CCN2CCOCC2)c1)NCCc1ccccc1. The van der Waals surface area contributed by atoms with E-state index in [4.69, 9.17) is 9.73 Å². The lowest BCUT2D eigenvalue weighted by Crippen LogP contribution is -2.38. The molecule has 2 aromatic rings. The van der Waals surface area contributed by atoms with Crippen molar-refractivity contribution in [2.24, 2.45) is 4.99 Å². The second-order valence-corrected chi connectivity index (χ2v) is 7.81. The maximum atomic E-state index is 12.3. The number of morpholine rings is 1. The molecule has 3 rings (SSSR count). The Balaban J connectivity index is 1.46. The van der Waals surface area contributed by atoms with Crippen LogP contribution in [0, 0.1) is 0 Å². The Morgan fingerprint density at radius 1 is 1.03 bits per heavy atom. The van der Waals surface area contributed by atoms with E-state index in [1.54, 1.807) is 0 Å². The average molecular weight is 438 g/mol. The van der Waals surface area contributed by atoms with E-state index in [0.29, 0.717) is 13.0 Å². The highest BCUT2D eigenvalue weighted by molar-refractivity contribution is 5.90. The Labute approximate surface area is 191 Å². The summed E-state index contributed by atoms with van der Waals surface area (Å²) >= 11 is 0. The van der Waals surface area contributed by atoms with Crippen LogP contribution >= 0.6 is 0 Å². The predicted molar refractivity (Wildman–Crippen MR) is 130 cm³/mol. The summed E-state index contributed by atoms with van der Waals surface area (Å²) in [5.41, 5.74) is 3.16. The fourth-order valence-electron chi connectivity index (χ4n) is 3.54. The van der Waals surface area contributed by atoms with Gasteiger partial charge in [0.2, 0.25) is 5.91 Å². The molecule has 2 aromatic carbocycles. The smallest absolute Gasteiger partial charge is 0.225 e. The molecule has 0 atom stereocenters. The second kappa shape index (κ2) is 13.5. The van der Waals surface area contributed by atoms with Crippen LogP contribution in [0.4, 0.5) is 5.69 Å². The molecule has 0 bridgehead atoms. The summed E-state index contributed by atoms with van der Waals surface area (Å²) in [6, 6.07) is 18.3. The van der Waals surface area contributed by atoms with Gasteiger partial charge in [-0.1, -0.05) is 42.5 Å². The third-order valence-electron chi connectivity index (χ3n) is 5.28. The third-order valence-corrected chi connectivity index (χ3v) is 5.28. The summed E-state index contributed by atoms with van der Waals surface area (Å²) in [6.45, 7) is 8.27. The Bertz CT molecular complexity index is 850. The molecule has 1 aliphatic heterocycles. The van der Waals surface area contributed by atoms with Gasteiger partial charge in [-0.3, -0.25) is 9.69 Å². The molecule has 0 radical (unpaired) electrons. The van der Waals surface area contributed by atoms with E-state index in [2.05, 4.69) is 52.0 Å². The summed E-state index contributed by atoms with van der Waals surface area (Å²) in [7, 11) is 0. The van der Waals surface area contributed by atoms with Gasteiger partial charge in [-0.05, 0) is 36.6 Å². The van der Waals surface area contributed by atoms with Crippen molar-refractivity contribution in [2.45, 2.75) is 26.3 Å². The van der Waals surface area contributed by atoms with E-state index in [-0.39, 0.29) is 5.91 Å². The normalized spacial score (nSPS) is 14.7. The first kappa shape index (κ1) is 23.8. The molecule has 1 fully saturated rings. The van der Waals surface area contributed by atoms with E-state index in [1.165, 1.54) is 5.56 Å². The maximum Gasteiger partial charge on any atom is 0.225 e. The zero-order valence-corrected chi connectivity index (χ0v) is 19.0. The van der Waals surface area contributed by atoms with Crippen LogP contribution in [0.2, 0.25) is 0 Å². The van der Waals surface area contributed by atoms with Crippen LogP contribution in [0.3, 0.4) is 0 Å². The van der Waals surface area contributed by atoms with E-state index < -0.39 is 0 Å². The van der Waals surface area contributed by atoms with Crippen LogP contribution in [-0.2, 0) is 22.5 Å². The Morgan fingerprint density at radius 3 is 2.59 bits per heavy atom. The number of benzene rings is 2. The molecular formula is C25H35N5O2. The summed E-state index contributed by atoms with van der Waals surface area (Å²) in [4.78, 5) is 19.3. The average Bonchev–Trinajstić information content (AvgIpc) is 2.83. The van der Waals surface area contributed by atoms with E-state index in [1.807, 2.05) is 30.3 Å². The number of hydrogen-bond acceptors (Lipinski definition) is 4. The zero-order chi connectivity index (χ0) is 22.4. The number of ether oxygens (including phenoxy) is 1. The number of carbonyl (C=O) groups is 1. The summed E-state index contributed by atoms with van der Waals surface area (Å²) in [5, 5.41) is 9.69. The van der Waals surface area contributed by atoms with Crippen molar-refractivity contribution in [3.63, 3.8) is 0 Å². The van der Waals surface area contributed by atoms with Gasteiger partial charge in [0, 0.05) is 44.8 Å². The van der Waals surface area contributed by atoms with E-state index in [9.17, 15) is 4.79 Å². The van der Waals surface area contributed by atoms with Gasteiger partial charge in [0.1, 0.15) is 0 Å². The van der Waals surface area contributed by atoms with Gasteiger partial charge in [-0.15, -0.1) is 0 Å². The zero-order valence-electron chi connectivity index (χ0n) is 19.0. The molecule has 7 nitrogen and oxygen atoms in total. The first-order valence-electron chi connectivity index (χ1n) is 11.5. The molecule has 1 aliphatic rings. The number of rotatable bonds is 10.